The number of aryl methyl sites for hydroxylation is 1. The Hall–Kier alpha value is -3.62. The van der Waals surface area contributed by atoms with Gasteiger partial charge in [-0.25, -0.2) is 4.68 Å². The van der Waals surface area contributed by atoms with Crippen LogP contribution in [0.2, 0.25) is 5.02 Å². The van der Waals surface area contributed by atoms with Gasteiger partial charge in [-0.1, -0.05) is 39.7 Å². The van der Waals surface area contributed by atoms with Gasteiger partial charge in [-0.3, -0.25) is 19.8 Å². The molecule has 3 amide bonds. The first-order valence-corrected chi connectivity index (χ1v) is 11.5. The molecule has 3 N–H and O–H groups in total. The number of anilines is 2. The van der Waals surface area contributed by atoms with Crippen molar-refractivity contribution in [1.29, 1.82) is 0 Å². The minimum Gasteiger partial charge on any atom is -0.320 e. The molecule has 1 heterocycles. The summed E-state index contributed by atoms with van der Waals surface area (Å²) in [6.07, 6.45) is 0. The molecule has 0 aliphatic carbocycles. The monoisotopic (exact) mass is 538 g/mol. The Morgan fingerprint density at radius 2 is 1.62 bits per heavy atom. The van der Waals surface area contributed by atoms with Crippen molar-refractivity contribution in [3.05, 3.63) is 93.0 Å². The van der Waals surface area contributed by atoms with Crippen LogP contribution in [0.5, 0.6) is 0 Å². The summed E-state index contributed by atoms with van der Waals surface area (Å²) < 4.78 is 2.12. The van der Waals surface area contributed by atoms with E-state index in [1.54, 1.807) is 42.5 Å². The normalized spacial score (nSPS) is 10.7. The maximum atomic E-state index is 13.2. The number of benzene rings is 3. The van der Waals surface area contributed by atoms with Crippen molar-refractivity contribution in [3.8, 4) is 0 Å². The highest BCUT2D eigenvalue weighted by atomic mass is 79.9. The third-order valence-electron chi connectivity index (χ3n) is 5.37. The lowest BCUT2D eigenvalue weighted by Crippen LogP contribution is -2.36. The molecule has 0 unspecified atom stereocenters. The molecular formula is C25H20BrClN4O3. The first-order chi connectivity index (χ1) is 16.2. The molecule has 0 saturated carbocycles. The maximum Gasteiger partial charge on any atom is 0.328 e. The van der Waals surface area contributed by atoms with Crippen molar-refractivity contribution < 1.29 is 14.4 Å². The number of hydrogen-bond donors (Lipinski definition) is 3. The molecule has 0 bridgehead atoms. The van der Waals surface area contributed by atoms with Crippen LogP contribution in [0.1, 0.15) is 21.6 Å². The highest BCUT2D eigenvalue weighted by molar-refractivity contribution is 9.10. The van der Waals surface area contributed by atoms with E-state index >= 15 is 0 Å². The quantitative estimate of drug-likeness (QED) is 0.293. The van der Waals surface area contributed by atoms with Crippen LogP contribution in [0.3, 0.4) is 0 Å². The zero-order chi connectivity index (χ0) is 24.4. The molecule has 7 nitrogen and oxygen atoms in total. The number of halogens is 2. The molecule has 0 aliphatic rings. The van der Waals surface area contributed by atoms with Gasteiger partial charge in [0.25, 0.3) is 5.91 Å². The first-order valence-electron chi connectivity index (χ1n) is 10.3. The fourth-order valence-corrected chi connectivity index (χ4v) is 3.92. The summed E-state index contributed by atoms with van der Waals surface area (Å²) in [4.78, 5) is 38.4. The zero-order valence-electron chi connectivity index (χ0n) is 18.3. The van der Waals surface area contributed by atoms with Gasteiger partial charge in [-0.05, 0) is 79.6 Å². The molecule has 4 aromatic rings. The molecule has 172 valence electrons. The van der Waals surface area contributed by atoms with Crippen LogP contribution in [-0.4, -0.2) is 22.4 Å². The predicted molar refractivity (Wildman–Crippen MR) is 138 cm³/mol. The van der Waals surface area contributed by atoms with E-state index in [1.807, 2.05) is 38.1 Å². The summed E-state index contributed by atoms with van der Waals surface area (Å²) in [7, 11) is 0. The van der Waals surface area contributed by atoms with Crippen LogP contribution in [-0.2, 0) is 9.59 Å². The average molecular weight is 540 g/mol. The van der Waals surface area contributed by atoms with Crippen molar-refractivity contribution in [2.24, 2.45) is 0 Å². The standard InChI is InChI=1S/C25H20BrClN4O3/c1-14-4-3-5-20(15(14)2)29-23(32)22-13-16-12-17(26)6-11-21(16)31(22)30-25(34)24(33)28-19-9-7-18(27)8-10-19/h3-13H,1-2H3,(H,28,33)(H,29,32)(H,30,34). The van der Waals surface area contributed by atoms with Gasteiger partial charge in [0.2, 0.25) is 0 Å². The molecule has 0 saturated heterocycles. The number of carbonyl (C=O) groups excluding carboxylic acids is 3. The molecule has 0 radical (unpaired) electrons. The SMILES string of the molecule is Cc1cccc(NC(=O)c2cc3cc(Br)ccc3n2NC(=O)C(=O)Nc2ccc(Cl)cc2)c1C. The second-order valence-electron chi connectivity index (χ2n) is 7.67. The fourth-order valence-electron chi connectivity index (χ4n) is 3.42. The Morgan fingerprint density at radius 3 is 2.35 bits per heavy atom. The van der Waals surface area contributed by atoms with Crippen molar-refractivity contribution in [2.45, 2.75) is 13.8 Å². The lowest BCUT2D eigenvalue weighted by atomic mass is 10.1. The van der Waals surface area contributed by atoms with E-state index in [-0.39, 0.29) is 5.69 Å². The highest BCUT2D eigenvalue weighted by Gasteiger charge is 2.21. The average Bonchev–Trinajstić information content (AvgIpc) is 3.15. The second kappa shape index (κ2) is 9.70. The largest absolute Gasteiger partial charge is 0.328 e. The van der Waals surface area contributed by atoms with E-state index in [0.717, 1.165) is 15.6 Å². The lowest BCUT2D eigenvalue weighted by molar-refractivity contribution is -0.133. The maximum absolute atomic E-state index is 13.2. The lowest BCUT2D eigenvalue weighted by Gasteiger charge is -2.14. The summed E-state index contributed by atoms with van der Waals surface area (Å²) in [6.45, 7) is 3.87. The van der Waals surface area contributed by atoms with E-state index in [4.69, 9.17) is 11.6 Å². The Morgan fingerprint density at radius 1 is 0.882 bits per heavy atom. The van der Waals surface area contributed by atoms with Crippen LogP contribution < -0.4 is 16.1 Å². The van der Waals surface area contributed by atoms with E-state index in [1.165, 1.54) is 4.68 Å². The highest BCUT2D eigenvalue weighted by Crippen LogP contribution is 2.25. The minimum absolute atomic E-state index is 0.168. The summed E-state index contributed by atoms with van der Waals surface area (Å²) in [5.41, 5.74) is 6.32. The number of amides is 3. The number of aromatic nitrogens is 1. The van der Waals surface area contributed by atoms with Crippen LogP contribution in [0.25, 0.3) is 10.9 Å². The van der Waals surface area contributed by atoms with Gasteiger partial charge in [0.1, 0.15) is 5.69 Å². The van der Waals surface area contributed by atoms with Gasteiger partial charge in [0, 0.05) is 26.3 Å². The zero-order valence-corrected chi connectivity index (χ0v) is 20.6. The van der Waals surface area contributed by atoms with Gasteiger partial charge in [-0.2, -0.15) is 0 Å². The van der Waals surface area contributed by atoms with Crippen LogP contribution in [0, 0.1) is 13.8 Å². The van der Waals surface area contributed by atoms with E-state index in [2.05, 4.69) is 32.0 Å². The topological polar surface area (TPSA) is 92.2 Å². The van der Waals surface area contributed by atoms with Crippen LogP contribution in [0.15, 0.2) is 71.2 Å². The molecule has 0 atom stereocenters. The Balaban J connectivity index is 1.64. The molecule has 34 heavy (non-hydrogen) atoms. The van der Waals surface area contributed by atoms with Crippen molar-refractivity contribution >= 4 is 67.5 Å². The third kappa shape index (κ3) is 4.98. The van der Waals surface area contributed by atoms with Crippen molar-refractivity contribution in [3.63, 3.8) is 0 Å². The van der Waals surface area contributed by atoms with Gasteiger partial charge in [0.15, 0.2) is 0 Å². The number of carbonyl (C=O) groups is 3. The van der Waals surface area contributed by atoms with E-state index < -0.39 is 17.7 Å². The molecule has 4 rings (SSSR count). The molecular weight excluding hydrogens is 520 g/mol. The number of hydrogen-bond acceptors (Lipinski definition) is 3. The van der Waals surface area contributed by atoms with Crippen molar-refractivity contribution in [2.75, 3.05) is 16.1 Å². The van der Waals surface area contributed by atoms with Gasteiger partial charge in [-0.15, -0.1) is 0 Å². The molecule has 9 heteroatoms. The van der Waals surface area contributed by atoms with Crippen LogP contribution in [0.4, 0.5) is 11.4 Å². The number of fused-ring (bicyclic) bond motifs is 1. The molecule has 3 aromatic carbocycles. The summed E-state index contributed by atoms with van der Waals surface area (Å²) in [5, 5.41) is 6.62. The molecule has 1 aromatic heterocycles. The van der Waals surface area contributed by atoms with Gasteiger partial charge in [0.05, 0.1) is 5.52 Å². The van der Waals surface area contributed by atoms with Crippen molar-refractivity contribution in [1.82, 2.24) is 4.68 Å². The number of nitrogens with zero attached hydrogens (tertiary/aromatic N) is 1. The van der Waals surface area contributed by atoms with Gasteiger partial charge < -0.3 is 10.6 Å². The second-order valence-corrected chi connectivity index (χ2v) is 9.02. The third-order valence-corrected chi connectivity index (χ3v) is 6.12. The Bertz CT molecular complexity index is 1430. The number of nitrogens with one attached hydrogen (secondary N) is 3. The number of rotatable bonds is 4. The Labute approximate surface area is 209 Å². The smallest absolute Gasteiger partial charge is 0.320 e. The Kier molecular flexibility index (Phi) is 6.72. The molecule has 0 fully saturated rings. The molecule has 0 aliphatic heterocycles. The predicted octanol–water partition coefficient (Wildman–Crippen LogP) is 5.64. The van der Waals surface area contributed by atoms with E-state index in [9.17, 15) is 14.4 Å². The summed E-state index contributed by atoms with van der Waals surface area (Å²) in [5.74, 6) is -2.25. The summed E-state index contributed by atoms with van der Waals surface area (Å²) >= 11 is 9.28. The molecule has 0 spiro atoms. The fraction of sp³-hybridized carbons (Fsp3) is 0.0800. The minimum atomic E-state index is -0.934. The van der Waals surface area contributed by atoms with Gasteiger partial charge >= 0.3 is 11.8 Å². The summed E-state index contributed by atoms with van der Waals surface area (Å²) in [6, 6.07) is 19.0. The van der Waals surface area contributed by atoms with Crippen LogP contribution >= 0.6 is 27.5 Å². The van der Waals surface area contributed by atoms with E-state index in [0.29, 0.717) is 27.3 Å². The first kappa shape index (κ1) is 23.5.